The quantitative estimate of drug-likeness (QED) is 0.705. The number of carbonyl (C=O) groups is 1. The molecule has 1 aliphatic rings. The largest absolute Gasteiger partial charge is 0.490 e. The number of amides is 1. The van der Waals surface area contributed by atoms with Crippen molar-refractivity contribution in [3.05, 3.63) is 30.0 Å². The fourth-order valence-electron chi connectivity index (χ4n) is 3.66. The van der Waals surface area contributed by atoms with Gasteiger partial charge in [-0.2, -0.15) is 0 Å². The van der Waals surface area contributed by atoms with Crippen LogP contribution in [-0.2, 0) is 11.3 Å². The van der Waals surface area contributed by atoms with Crippen LogP contribution < -0.4 is 25.3 Å². The number of ether oxygens (including phenoxy) is 4. The second-order valence-corrected chi connectivity index (χ2v) is 8.15. The van der Waals surface area contributed by atoms with E-state index in [1.54, 1.807) is 19.4 Å². The van der Waals surface area contributed by atoms with Gasteiger partial charge in [-0.25, -0.2) is 9.78 Å². The van der Waals surface area contributed by atoms with E-state index in [2.05, 4.69) is 28.9 Å². The number of aromatic nitrogens is 1. The second kappa shape index (κ2) is 8.79. The lowest BCUT2D eigenvalue weighted by molar-refractivity contribution is 0.187. The average Bonchev–Trinajstić information content (AvgIpc) is 2.70. The molecule has 0 radical (unpaired) electrons. The van der Waals surface area contributed by atoms with Crippen molar-refractivity contribution in [1.82, 2.24) is 4.98 Å². The Labute approximate surface area is 176 Å². The molecule has 0 bridgehead atoms. The van der Waals surface area contributed by atoms with Crippen molar-refractivity contribution >= 4 is 11.9 Å². The zero-order valence-electron chi connectivity index (χ0n) is 18.1. The van der Waals surface area contributed by atoms with E-state index in [-0.39, 0.29) is 0 Å². The van der Waals surface area contributed by atoms with Crippen LogP contribution in [0.15, 0.2) is 24.4 Å². The van der Waals surface area contributed by atoms with Gasteiger partial charge in [0, 0.05) is 22.9 Å². The van der Waals surface area contributed by atoms with Gasteiger partial charge in [-0.3, -0.25) is 5.32 Å². The topological polar surface area (TPSA) is 105 Å². The molecule has 0 saturated heterocycles. The molecule has 162 valence electrons. The molecule has 3 N–H and O–H groups in total. The second-order valence-electron chi connectivity index (χ2n) is 8.15. The van der Waals surface area contributed by atoms with Crippen molar-refractivity contribution in [2.75, 3.05) is 26.1 Å². The van der Waals surface area contributed by atoms with Gasteiger partial charge in [-0.05, 0) is 43.0 Å². The Morgan fingerprint density at radius 3 is 2.77 bits per heavy atom. The van der Waals surface area contributed by atoms with Crippen molar-refractivity contribution in [1.29, 1.82) is 0 Å². The fraction of sp³-hybridized carbons (Fsp3) is 0.455. The summed E-state index contributed by atoms with van der Waals surface area (Å²) in [6.45, 7) is 6.93. The Bertz CT molecular complexity index is 927. The van der Waals surface area contributed by atoms with Crippen molar-refractivity contribution in [3.8, 4) is 28.4 Å². The molecule has 1 amide bonds. The molecule has 3 rings (SSSR count). The maximum atomic E-state index is 11.5. The standard InChI is InChI=1S/C22H29N3O5/c1-13(2)9-22(3,23)12-30-17-7-6-15-16-8-18(25-21(26)28-5)24-10-14(16)11-29-19(15)20(17)27-4/h6-8,10,13H,9,11-12,23H2,1-5H3,(H,24,25,26). The molecule has 30 heavy (non-hydrogen) atoms. The smallest absolute Gasteiger partial charge is 0.412 e. The highest BCUT2D eigenvalue weighted by atomic mass is 16.5. The number of hydrogen-bond donors (Lipinski definition) is 2. The van der Waals surface area contributed by atoms with Gasteiger partial charge in [-0.15, -0.1) is 0 Å². The summed E-state index contributed by atoms with van der Waals surface area (Å²) in [5, 5.41) is 2.58. The molecule has 0 saturated carbocycles. The van der Waals surface area contributed by atoms with Crippen LogP contribution >= 0.6 is 0 Å². The van der Waals surface area contributed by atoms with E-state index in [9.17, 15) is 4.79 Å². The van der Waals surface area contributed by atoms with Crippen molar-refractivity contribution in [2.45, 2.75) is 39.3 Å². The SMILES string of the molecule is COC(=O)Nc1cc2c(cn1)COc1c-2ccc(OCC(C)(N)CC(C)C)c1OC. The molecule has 0 spiro atoms. The summed E-state index contributed by atoms with van der Waals surface area (Å²) in [5.41, 5.74) is 8.55. The third kappa shape index (κ3) is 4.76. The van der Waals surface area contributed by atoms with Gasteiger partial charge in [0.05, 0.1) is 14.2 Å². The molecule has 8 heteroatoms. The number of methoxy groups -OCH3 is 2. The summed E-state index contributed by atoms with van der Waals surface area (Å²) in [5.74, 6) is 2.52. The summed E-state index contributed by atoms with van der Waals surface area (Å²) in [7, 11) is 2.88. The molecule has 0 aliphatic carbocycles. The van der Waals surface area contributed by atoms with Gasteiger partial charge in [0.2, 0.25) is 5.75 Å². The van der Waals surface area contributed by atoms with E-state index in [0.29, 0.717) is 42.2 Å². The summed E-state index contributed by atoms with van der Waals surface area (Å²) in [6.07, 6.45) is 1.93. The van der Waals surface area contributed by atoms with Crippen molar-refractivity contribution in [3.63, 3.8) is 0 Å². The Morgan fingerprint density at radius 1 is 1.33 bits per heavy atom. The van der Waals surface area contributed by atoms with Gasteiger partial charge < -0.3 is 24.7 Å². The van der Waals surface area contributed by atoms with E-state index >= 15 is 0 Å². The maximum absolute atomic E-state index is 11.5. The lowest BCUT2D eigenvalue weighted by atomic mass is 9.93. The number of anilines is 1. The van der Waals surface area contributed by atoms with Gasteiger partial charge in [-0.1, -0.05) is 13.8 Å². The van der Waals surface area contributed by atoms with Gasteiger partial charge >= 0.3 is 6.09 Å². The number of fused-ring (bicyclic) bond motifs is 3. The Balaban J connectivity index is 1.91. The number of nitrogens with zero attached hydrogens (tertiary/aromatic N) is 1. The van der Waals surface area contributed by atoms with E-state index in [1.807, 2.05) is 19.1 Å². The van der Waals surface area contributed by atoms with Crippen molar-refractivity contribution in [2.24, 2.45) is 11.7 Å². The van der Waals surface area contributed by atoms with Crippen LogP contribution in [-0.4, -0.2) is 37.4 Å². The summed E-state index contributed by atoms with van der Waals surface area (Å²) >= 11 is 0. The number of benzene rings is 1. The lowest BCUT2D eigenvalue weighted by Crippen LogP contribution is -2.43. The van der Waals surface area contributed by atoms with E-state index in [0.717, 1.165) is 23.1 Å². The van der Waals surface area contributed by atoms with Crippen LogP contribution in [0.1, 0.15) is 32.8 Å². The zero-order chi connectivity index (χ0) is 21.9. The monoisotopic (exact) mass is 415 g/mol. The highest BCUT2D eigenvalue weighted by molar-refractivity contribution is 5.86. The molecule has 2 heterocycles. The minimum Gasteiger partial charge on any atom is -0.490 e. The number of nitrogens with two attached hydrogens (primary N) is 1. The molecule has 2 aromatic rings. The van der Waals surface area contributed by atoms with Gasteiger partial charge in [0.15, 0.2) is 11.5 Å². The molecule has 1 unspecified atom stereocenters. The van der Waals surface area contributed by atoms with Gasteiger partial charge in [0.25, 0.3) is 0 Å². The van der Waals surface area contributed by atoms with Gasteiger partial charge in [0.1, 0.15) is 19.0 Å². The van der Waals surface area contributed by atoms with E-state index in [1.165, 1.54) is 7.11 Å². The minimum atomic E-state index is -0.581. The zero-order valence-corrected chi connectivity index (χ0v) is 18.1. The predicted octanol–water partition coefficient (Wildman–Crippen LogP) is 3.97. The molecule has 1 aliphatic heterocycles. The number of rotatable bonds is 7. The Morgan fingerprint density at radius 2 is 2.10 bits per heavy atom. The number of nitrogens with one attached hydrogen (secondary N) is 1. The van der Waals surface area contributed by atoms with Crippen LogP contribution in [0.2, 0.25) is 0 Å². The Kier molecular flexibility index (Phi) is 6.36. The number of carbonyl (C=O) groups excluding carboxylic acids is 1. The average molecular weight is 415 g/mol. The fourth-order valence-corrected chi connectivity index (χ4v) is 3.66. The third-order valence-electron chi connectivity index (χ3n) is 4.78. The first-order valence-electron chi connectivity index (χ1n) is 9.84. The molecule has 1 aromatic carbocycles. The van der Waals surface area contributed by atoms with E-state index in [4.69, 9.17) is 19.9 Å². The van der Waals surface area contributed by atoms with Crippen LogP contribution in [0, 0.1) is 5.92 Å². The van der Waals surface area contributed by atoms with Crippen LogP contribution in [0.5, 0.6) is 17.2 Å². The Hall–Kier alpha value is -3.00. The highest BCUT2D eigenvalue weighted by Gasteiger charge is 2.27. The first-order chi connectivity index (χ1) is 14.2. The van der Waals surface area contributed by atoms with Crippen LogP contribution in [0.4, 0.5) is 10.6 Å². The third-order valence-corrected chi connectivity index (χ3v) is 4.78. The molecule has 0 fully saturated rings. The minimum absolute atomic E-state index is 0.329. The number of pyridine rings is 1. The molecular weight excluding hydrogens is 386 g/mol. The van der Waals surface area contributed by atoms with Crippen LogP contribution in [0.25, 0.3) is 11.1 Å². The predicted molar refractivity (Wildman–Crippen MR) is 114 cm³/mol. The van der Waals surface area contributed by atoms with Crippen molar-refractivity contribution < 1.29 is 23.7 Å². The molecule has 1 aromatic heterocycles. The number of hydrogen-bond acceptors (Lipinski definition) is 7. The van der Waals surface area contributed by atoms with E-state index < -0.39 is 11.6 Å². The summed E-state index contributed by atoms with van der Waals surface area (Å²) in [6, 6.07) is 5.53. The first-order valence-corrected chi connectivity index (χ1v) is 9.84. The molecule has 1 atom stereocenters. The summed E-state index contributed by atoms with van der Waals surface area (Å²) in [4.78, 5) is 15.7. The summed E-state index contributed by atoms with van der Waals surface area (Å²) < 4.78 is 22.2. The normalized spacial score (nSPS) is 14.1. The molecule has 8 nitrogen and oxygen atoms in total. The first kappa shape index (κ1) is 21.7. The highest BCUT2D eigenvalue weighted by Crippen LogP contribution is 2.48. The maximum Gasteiger partial charge on any atom is 0.412 e. The lowest BCUT2D eigenvalue weighted by Gasteiger charge is -2.28. The van der Waals surface area contributed by atoms with Crippen LogP contribution in [0.3, 0.4) is 0 Å². The molecular formula is C22H29N3O5.